The monoisotopic (exact) mass is 408 g/mol. The van der Waals surface area contributed by atoms with Gasteiger partial charge in [0.05, 0.1) is 7.11 Å². The van der Waals surface area contributed by atoms with Gasteiger partial charge in [-0.25, -0.2) is 9.59 Å². The van der Waals surface area contributed by atoms with E-state index in [2.05, 4.69) is 0 Å². The molecule has 0 fully saturated rings. The van der Waals surface area contributed by atoms with Crippen LogP contribution in [0.4, 0.5) is 4.79 Å². The van der Waals surface area contributed by atoms with Crippen LogP contribution in [0, 0.1) is 0 Å². The minimum atomic E-state index is -1.31. The lowest BCUT2D eigenvalue weighted by molar-refractivity contribution is -0.145. The van der Waals surface area contributed by atoms with Gasteiger partial charge in [0.25, 0.3) is 0 Å². The number of ether oxygens (including phenoxy) is 3. The summed E-state index contributed by atoms with van der Waals surface area (Å²) in [6, 6.07) is 6.81. The maximum atomic E-state index is 12.8. The predicted molar refractivity (Wildman–Crippen MR) is 112 cm³/mol. The summed E-state index contributed by atoms with van der Waals surface area (Å²) in [6.45, 7) is 15.3. The predicted octanol–water partition coefficient (Wildman–Crippen LogP) is 4.44. The number of amides is 1. The smallest absolute Gasteiger partial charge is 0.402 e. The highest BCUT2D eigenvalue weighted by Crippen LogP contribution is 2.21. The van der Waals surface area contributed by atoms with E-state index in [1.807, 2.05) is 78.9 Å². The summed E-state index contributed by atoms with van der Waals surface area (Å²) in [6.07, 6.45) is -0.146. The van der Waals surface area contributed by atoms with Crippen LogP contribution >= 0.6 is 0 Å². The second-order valence-corrected chi connectivity index (χ2v) is 11.3. The molecule has 0 N–H and O–H groups in total. The molecule has 1 atom stereocenters. The Bertz CT molecular complexity index is 659. The lowest BCUT2D eigenvalue weighted by Crippen LogP contribution is -2.53. The number of nitrogens with zero attached hydrogens (tertiary/aromatic N) is 1. The highest BCUT2D eigenvalue weighted by molar-refractivity contribution is 6.55. The molecule has 0 heterocycles. The molecular formula is C21H34NO5Si. The molecule has 28 heavy (non-hydrogen) atoms. The molecule has 0 bridgehead atoms. The summed E-state index contributed by atoms with van der Waals surface area (Å²) in [4.78, 5) is 25.3. The number of methoxy groups -OCH3 is 1. The molecule has 1 unspecified atom stereocenters. The van der Waals surface area contributed by atoms with Crippen molar-refractivity contribution in [3.63, 3.8) is 0 Å². The SMILES string of the molecule is COC(=O)C(Cc1ccc(OC(C)(C)C)cc1)N(C(=O)OC(C)(C)C)[Si](C)C. The molecule has 0 aromatic heterocycles. The van der Waals surface area contributed by atoms with E-state index in [0.29, 0.717) is 6.42 Å². The average Bonchev–Trinajstić information content (AvgIpc) is 2.51. The first-order chi connectivity index (χ1) is 12.7. The summed E-state index contributed by atoms with van der Waals surface area (Å²) in [7, 11) is 0.0195. The van der Waals surface area contributed by atoms with Gasteiger partial charge in [-0.1, -0.05) is 25.2 Å². The fourth-order valence-electron chi connectivity index (χ4n) is 2.62. The van der Waals surface area contributed by atoms with Gasteiger partial charge >= 0.3 is 12.1 Å². The van der Waals surface area contributed by atoms with E-state index in [4.69, 9.17) is 14.2 Å². The summed E-state index contributed by atoms with van der Waals surface area (Å²) < 4.78 is 17.9. The second kappa shape index (κ2) is 9.45. The molecule has 1 aromatic carbocycles. The van der Waals surface area contributed by atoms with E-state index in [9.17, 15) is 9.59 Å². The van der Waals surface area contributed by atoms with Gasteiger partial charge in [0, 0.05) is 6.42 Å². The van der Waals surface area contributed by atoms with Crippen molar-refractivity contribution in [2.24, 2.45) is 0 Å². The van der Waals surface area contributed by atoms with Gasteiger partial charge in [-0.15, -0.1) is 0 Å². The molecule has 0 saturated carbocycles. The molecule has 1 aromatic rings. The summed E-state index contributed by atoms with van der Waals surface area (Å²) in [5.41, 5.74) is -0.0154. The first-order valence-corrected chi connectivity index (χ1v) is 11.9. The van der Waals surface area contributed by atoms with Crippen LogP contribution in [-0.4, -0.2) is 49.9 Å². The maximum absolute atomic E-state index is 12.8. The largest absolute Gasteiger partial charge is 0.488 e. The number of esters is 1. The number of hydrogen-bond donors (Lipinski definition) is 0. The molecule has 1 radical (unpaired) electrons. The van der Waals surface area contributed by atoms with Gasteiger partial charge in [0.1, 0.15) is 23.0 Å². The van der Waals surface area contributed by atoms with Crippen LogP contribution in [0.15, 0.2) is 24.3 Å². The van der Waals surface area contributed by atoms with Crippen LogP contribution in [0.5, 0.6) is 5.75 Å². The maximum Gasteiger partial charge on any atom is 0.402 e. The third-order valence-corrected chi connectivity index (χ3v) is 5.09. The zero-order valence-corrected chi connectivity index (χ0v) is 19.6. The first-order valence-electron chi connectivity index (χ1n) is 9.41. The number of benzene rings is 1. The molecule has 1 rings (SSSR count). The Hall–Kier alpha value is -2.02. The Balaban J connectivity index is 3.09. The second-order valence-electron chi connectivity index (χ2n) is 8.90. The van der Waals surface area contributed by atoms with E-state index < -0.39 is 32.7 Å². The molecule has 157 valence electrons. The van der Waals surface area contributed by atoms with Crippen LogP contribution in [0.1, 0.15) is 47.1 Å². The summed E-state index contributed by atoms with van der Waals surface area (Å²) in [5, 5.41) is 0. The van der Waals surface area contributed by atoms with E-state index >= 15 is 0 Å². The minimum absolute atomic E-state index is 0.286. The van der Waals surface area contributed by atoms with Crippen molar-refractivity contribution in [3.05, 3.63) is 29.8 Å². The highest BCUT2D eigenvalue weighted by atomic mass is 28.3. The van der Waals surface area contributed by atoms with Crippen LogP contribution in [-0.2, 0) is 20.7 Å². The molecule has 0 saturated heterocycles. The minimum Gasteiger partial charge on any atom is -0.488 e. The van der Waals surface area contributed by atoms with Crippen molar-refractivity contribution >= 4 is 21.0 Å². The van der Waals surface area contributed by atoms with Crippen molar-refractivity contribution in [2.75, 3.05) is 7.11 Å². The van der Waals surface area contributed by atoms with Crippen LogP contribution < -0.4 is 4.74 Å². The fraction of sp³-hybridized carbons (Fsp3) is 0.619. The van der Waals surface area contributed by atoms with Crippen molar-refractivity contribution in [1.29, 1.82) is 0 Å². The fourth-order valence-corrected chi connectivity index (χ4v) is 3.85. The van der Waals surface area contributed by atoms with Gasteiger partial charge in [-0.3, -0.25) is 0 Å². The Morgan fingerprint density at radius 1 is 1.00 bits per heavy atom. The molecule has 1 amide bonds. The zero-order chi connectivity index (χ0) is 21.7. The van der Waals surface area contributed by atoms with Crippen LogP contribution in [0.2, 0.25) is 13.1 Å². The number of carbonyl (C=O) groups is 2. The summed E-state index contributed by atoms with van der Waals surface area (Å²) >= 11 is 0. The topological polar surface area (TPSA) is 65.1 Å². The standard InChI is InChI=1S/C21H34NO5Si/c1-20(2,3)26-16-12-10-15(11-13-16)14-17(18(23)25-7)22(28(8)9)19(24)27-21(4,5)6/h10-13,17H,14H2,1-9H3. The highest BCUT2D eigenvalue weighted by Gasteiger charge is 2.36. The Labute approximate surface area is 170 Å². The van der Waals surface area contributed by atoms with Crippen LogP contribution in [0.3, 0.4) is 0 Å². The van der Waals surface area contributed by atoms with Crippen molar-refractivity contribution in [2.45, 2.75) is 78.3 Å². The Morgan fingerprint density at radius 2 is 1.54 bits per heavy atom. The molecule has 0 aliphatic carbocycles. The molecule has 0 aliphatic heterocycles. The average molecular weight is 409 g/mol. The van der Waals surface area contributed by atoms with Crippen molar-refractivity contribution < 1.29 is 23.8 Å². The zero-order valence-electron chi connectivity index (χ0n) is 18.6. The lowest BCUT2D eigenvalue weighted by atomic mass is 10.1. The summed E-state index contributed by atoms with van der Waals surface area (Å²) in [5.74, 6) is 0.303. The third kappa shape index (κ3) is 7.92. The quantitative estimate of drug-likeness (QED) is 0.514. The van der Waals surface area contributed by atoms with Crippen molar-refractivity contribution in [1.82, 2.24) is 4.57 Å². The molecule has 6 nitrogen and oxygen atoms in total. The van der Waals surface area contributed by atoms with Gasteiger partial charge in [-0.2, -0.15) is 0 Å². The molecule has 0 spiro atoms. The number of carbonyl (C=O) groups excluding carboxylic acids is 2. The van der Waals surface area contributed by atoms with Gasteiger partial charge < -0.3 is 18.8 Å². The van der Waals surface area contributed by atoms with Gasteiger partial charge in [0.2, 0.25) is 0 Å². The Kier molecular flexibility index (Phi) is 8.11. The molecular weight excluding hydrogens is 374 g/mol. The Morgan fingerprint density at radius 3 is 1.93 bits per heavy atom. The van der Waals surface area contributed by atoms with E-state index in [1.54, 1.807) is 4.57 Å². The van der Waals surface area contributed by atoms with E-state index in [-0.39, 0.29) is 5.60 Å². The van der Waals surface area contributed by atoms with Crippen LogP contribution in [0.25, 0.3) is 0 Å². The normalized spacial score (nSPS) is 13.1. The van der Waals surface area contributed by atoms with E-state index in [1.165, 1.54) is 7.11 Å². The first kappa shape index (κ1) is 24.0. The van der Waals surface area contributed by atoms with Gasteiger partial charge in [0.15, 0.2) is 8.96 Å². The van der Waals surface area contributed by atoms with E-state index in [0.717, 1.165) is 11.3 Å². The molecule has 7 heteroatoms. The van der Waals surface area contributed by atoms with Crippen molar-refractivity contribution in [3.8, 4) is 5.75 Å². The number of hydrogen-bond acceptors (Lipinski definition) is 5. The lowest BCUT2D eigenvalue weighted by Gasteiger charge is -2.34. The third-order valence-electron chi connectivity index (χ3n) is 3.63. The molecule has 0 aliphatic rings. The van der Waals surface area contributed by atoms with Gasteiger partial charge in [-0.05, 0) is 59.2 Å². The number of rotatable bonds is 6.